The SMILES string of the molecule is O=C(COC(=O)CNC(=O)c1ccc2c(c1)OCO2)Nc1c(Cl)cccc1C(F)(F)F. The van der Waals surface area contributed by atoms with Gasteiger partial charge in [0, 0.05) is 5.56 Å². The Morgan fingerprint density at radius 1 is 1.10 bits per heavy atom. The van der Waals surface area contributed by atoms with Crippen LogP contribution >= 0.6 is 11.6 Å². The number of anilines is 1. The van der Waals surface area contributed by atoms with E-state index in [0.717, 1.165) is 12.1 Å². The van der Waals surface area contributed by atoms with E-state index in [1.54, 1.807) is 0 Å². The lowest BCUT2D eigenvalue weighted by Crippen LogP contribution is -2.32. The second-order valence-electron chi connectivity index (χ2n) is 6.12. The number of halogens is 4. The molecular weight excluding hydrogens is 445 g/mol. The van der Waals surface area contributed by atoms with Crippen LogP contribution in [0.3, 0.4) is 0 Å². The van der Waals surface area contributed by atoms with Crippen LogP contribution in [0, 0.1) is 0 Å². The normalized spacial score (nSPS) is 12.3. The van der Waals surface area contributed by atoms with Crippen LogP contribution in [0.15, 0.2) is 36.4 Å². The molecule has 0 aromatic heterocycles. The minimum atomic E-state index is -4.75. The fraction of sp³-hybridized carbons (Fsp3) is 0.211. The van der Waals surface area contributed by atoms with Crippen molar-refractivity contribution in [3.63, 3.8) is 0 Å². The van der Waals surface area contributed by atoms with Gasteiger partial charge in [-0.05, 0) is 30.3 Å². The maximum absolute atomic E-state index is 13.0. The van der Waals surface area contributed by atoms with E-state index in [2.05, 4.69) is 10.1 Å². The molecule has 164 valence electrons. The lowest BCUT2D eigenvalue weighted by Gasteiger charge is -2.15. The van der Waals surface area contributed by atoms with Crippen LogP contribution < -0.4 is 20.1 Å². The van der Waals surface area contributed by atoms with Crippen molar-refractivity contribution in [3.8, 4) is 11.5 Å². The van der Waals surface area contributed by atoms with E-state index in [1.165, 1.54) is 24.3 Å². The Morgan fingerprint density at radius 2 is 1.84 bits per heavy atom. The van der Waals surface area contributed by atoms with Crippen LogP contribution in [-0.2, 0) is 20.5 Å². The van der Waals surface area contributed by atoms with Crippen molar-refractivity contribution in [1.82, 2.24) is 5.32 Å². The second-order valence-corrected chi connectivity index (χ2v) is 6.53. The smallest absolute Gasteiger partial charge is 0.418 e. The number of nitrogens with one attached hydrogen (secondary N) is 2. The van der Waals surface area contributed by atoms with Gasteiger partial charge in [0.1, 0.15) is 6.54 Å². The fourth-order valence-corrected chi connectivity index (χ4v) is 2.77. The van der Waals surface area contributed by atoms with Crippen molar-refractivity contribution in [3.05, 3.63) is 52.5 Å². The van der Waals surface area contributed by atoms with Crippen molar-refractivity contribution in [2.75, 3.05) is 25.3 Å². The van der Waals surface area contributed by atoms with E-state index in [4.69, 9.17) is 21.1 Å². The summed E-state index contributed by atoms with van der Waals surface area (Å²) in [6.07, 6.45) is -4.75. The predicted octanol–water partition coefficient (Wildman–Crippen LogP) is 3.00. The third kappa shape index (κ3) is 5.57. The molecule has 1 aliphatic heterocycles. The average molecular weight is 459 g/mol. The second kappa shape index (κ2) is 9.13. The Kier molecular flexibility index (Phi) is 6.54. The van der Waals surface area contributed by atoms with E-state index in [0.29, 0.717) is 11.5 Å². The first-order chi connectivity index (χ1) is 14.6. The van der Waals surface area contributed by atoms with Gasteiger partial charge >= 0.3 is 12.1 Å². The first kappa shape index (κ1) is 22.2. The number of amides is 2. The van der Waals surface area contributed by atoms with E-state index in [9.17, 15) is 27.6 Å². The monoisotopic (exact) mass is 458 g/mol. The maximum atomic E-state index is 13.0. The highest BCUT2D eigenvalue weighted by Gasteiger charge is 2.34. The standard InChI is InChI=1S/C19H14ClF3N2O6/c20-12-3-1-2-11(19(21,22)23)17(12)25-15(26)8-29-16(27)7-24-18(28)10-4-5-13-14(6-10)31-9-30-13/h1-6H,7-9H2,(H,24,28)(H,25,26). The van der Waals surface area contributed by atoms with Crippen LogP contribution in [0.2, 0.25) is 5.02 Å². The largest absolute Gasteiger partial charge is 0.454 e. The highest BCUT2D eigenvalue weighted by molar-refractivity contribution is 6.34. The van der Waals surface area contributed by atoms with Gasteiger partial charge in [0.25, 0.3) is 11.8 Å². The van der Waals surface area contributed by atoms with Crippen LogP contribution in [-0.4, -0.2) is 37.7 Å². The molecule has 0 aliphatic carbocycles. The predicted molar refractivity (Wildman–Crippen MR) is 101 cm³/mol. The quantitative estimate of drug-likeness (QED) is 0.645. The number of carbonyl (C=O) groups is 3. The van der Waals surface area contributed by atoms with E-state index < -0.39 is 48.4 Å². The molecule has 2 aromatic rings. The molecule has 1 heterocycles. The highest BCUT2D eigenvalue weighted by atomic mass is 35.5. The van der Waals surface area contributed by atoms with Gasteiger partial charge in [0.2, 0.25) is 6.79 Å². The fourth-order valence-electron chi connectivity index (χ4n) is 2.55. The summed E-state index contributed by atoms with van der Waals surface area (Å²) in [6, 6.07) is 7.43. The molecule has 2 aromatic carbocycles. The highest BCUT2D eigenvalue weighted by Crippen LogP contribution is 2.38. The van der Waals surface area contributed by atoms with Gasteiger partial charge in [0.05, 0.1) is 16.3 Å². The summed E-state index contributed by atoms with van der Waals surface area (Å²) in [5, 5.41) is 3.94. The average Bonchev–Trinajstić information content (AvgIpc) is 3.19. The number of esters is 1. The molecule has 0 unspecified atom stereocenters. The Bertz CT molecular complexity index is 1030. The van der Waals surface area contributed by atoms with Crippen molar-refractivity contribution < 1.29 is 41.8 Å². The molecule has 0 saturated heterocycles. The van der Waals surface area contributed by atoms with Gasteiger partial charge in [-0.1, -0.05) is 17.7 Å². The van der Waals surface area contributed by atoms with Gasteiger partial charge in [-0.3, -0.25) is 14.4 Å². The van der Waals surface area contributed by atoms with Crippen molar-refractivity contribution in [1.29, 1.82) is 0 Å². The van der Waals surface area contributed by atoms with Gasteiger partial charge in [-0.2, -0.15) is 13.2 Å². The van der Waals surface area contributed by atoms with E-state index in [-0.39, 0.29) is 17.4 Å². The number of ether oxygens (including phenoxy) is 3. The number of hydrogen-bond acceptors (Lipinski definition) is 6. The summed E-state index contributed by atoms with van der Waals surface area (Å²) in [5.74, 6) is -1.75. The molecule has 0 spiro atoms. The minimum Gasteiger partial charge on any atom is -0.454 e. The summed E-state index contributed by atoms with van der Waals surface area (Å²) in [4.78, 5) is 35.7. The van der Waals surface area contributed by atoms with Gasteiger partial charge in [-0.25, -0.2) is 0 Å². The molecular formula is C19H14ClF3N2O6. The van der Waals surface area contributed by atoms with Gasteiger partial charge < -0.3 is 24.8 Å². The van der Waals surface area contributed by atoms with Gasteiger partial charge in [-0.15, -0.1) is 0 Å². The third-order valence-corrected chi connectivity index (χ3v) is 4.29. The zero-order chi connectivity index (χ0) is 22.6. The first-order valence-electron chi connectivity index (χ1n) is 8.64. The molecule has 0 saturated carbocycles. The van der Waals surface area contributed by atoms with Crippen LogP contribution in [0.1, 0.15) is 15.9 Å². The number of carbonyl (C=O) groups excluding carboxylic acids is 3. The Hall–Kier alpha value is -3.47. The molecule has 0 radical (unpaired) electrons. The molecule has 0 fully saturated rings. The Balaban J connectivity index is 1.49. The van der Waals surface area contributed by atoms with Crippen LogP contribution in [0.25, 0.3) is 0 Å². The summed E-state index contributed by atoms with van der Waals surface area (Å²) in [5.41, 5.74) is -1.59. The van der Waals surface area contributed by atoms with E-state index in [1.807, 2.05) is 5.32 Å². The lowest BCUT2D eigenvalue weighted by atomic mass is 10.1. The summed E-state index contributed by atoms with van der Waals surface area (Å²) in [6.45, 7) is -1.41. The lowest BCUT2D eigenvalue weighted by molar-refractivity contribution is -0.146. The van der Waals surface area contributed by atoms with Crippen molar-refractivity contribution in [2.24, 2.45) is 0 Å². The molecule has 3 rings (SSSR count). The summed E-state index contributed by atoms with van der Waals surface area (Å²) in [7, 11) is 0. The van der Waals surface area contributed by atoms with Crippen molar-refractivity contribution in [2.45, 2.75) is 6.18 Å². The van der Waals surface area contributed by atoms with Crippen molar-refractivity contribution >= 4 is 35.1 Å². The van der Waals surface area contributed by atoms with Crippen LogP contribution in [0.4, 0.5) is 18.9 Å². The van der Waals surface area contributed by atoms with Crippen LogP contribution in [0.5, 0.6) is 11.5 Å². The summed E-state index contributed by atoms with van der Waals surface area (Å²) >= 11 is 5.73. The topological polar surface area (TPSA) is 103 Å². The molecule has 0 atom stereocenters. The maximum Gasteiger partial charge on any atom is 0.418 e. The van der Waals surface area contributed by atoms with Gasteiger partial charge in [0.15, 0.2) is 18.1 Å². The number of alkyl halides is 3. The third-order valence-electron chi connectivity index (χ3n) is 3.98. The number of fused-ring (bicyclic) bond motifs is 1. The number of rotatable bonds is 6. The molecule has 0 bridgehead atoms. The number of benzene rings is 2. The molecule has 1 aliphatic rings. The Morgan fingerprint density at radius 3 is 2.58 bits per heavy atom. The number of hydrogen-bond donors (Lipinski definition) is 2. The number of para-hydroxylation sites is 1. The molecule has 2 N–H and O–H groups in total. The zero-order valence-corrected chi connectivity index (χ0v) is 16.3. The van der Waals surface area contributed by atoms with E-state index >= 15 is 0 Å². The Labute approximate surface area is 178 Å². The zero-order valence-electron chi connectivity index (χ0n) is 15.5. The molecule has 8 nitrogen and oxygen atoms in total. The first-order valence-corrected chi connectivity index (χ1v) is 9.02. The molecule has 2 amide bonds. The summed E-state index contributed by atoms with van der Waals surface area (Å²) < 4.78 is 54.0. The molecule has 12 heteroatoms. The minimum absolute atomic E-state index is 0.0352. The molecule has 31 heavy (non-hydrogen) atoms.